The first-order valence-corrected chi connectivity index (χ1v) is 13.6. The lowest BCUT2D eigenvalue weighted by Crippen LogP contribution is -2.46. The van der Waals surface area contributed by atoms with E-state index < -0.39 is 33.3 Å². The number of piperidine rings is 1. The van der Waals surface area contributed by atoms with Crippen LogP contribution in [0.15, 0.2) is 34.9 Å². The summed E-state index contributed by atoms with van der Waals surface area (Å²) >= 11 is 0. The van der Waals surface area contributed by atoms with Crippen molar-refractivity contribution in [3.8, 4) is 0 Å². The van der Waals surface area contributed by atoms with Gasteiger partial charge >= 0.3 is 0 Å². The first-order chi connectivity index (χ1) is 16.7. The van der Waals surface area contributed by atoms with Gasteiger partial charge in [0, 0.05) is 25.7 Å². The molecule has 5 rings (SSSR count). The number of hydrogen-bond donors (Lipinski definition) is 2. The van der Waals surface area contributed by atoms with Crippen molar-refractivity contribution < 1.29 is 31.2 Å². The number of nitrogens with one attached hydrogen (secondary N) is 2. The van der Waals surface area contributed by atoms with E-state index in [0.717, 1.165) is 0 Å². The molecule has 3 fully saturated rings. The maximum atomic E-state index is 15.1. The number of halogens is 2. The van der Waals surface area contributed by atoms with Crippen molar-refractivity contribution in [3.05, 3.63) is 53.5 Å². The molecule has 3 saturated heterocycles. The lowest BCUT2D eigenvalue weighted by molar-refractivity contribution is -0.120. The van der Waals surface area contributed by atoms with E-state index in [2.05, 4.69) is 10.6 Å². The molecule has 0 spiro atoms. The molecule has 2 atom stereocenters. The summed E-state index contributed by atoms with van der Waals surface area (Å²) in [6.45, 7) is 1.08. The molecule has 0 aliphatic carbocycles. The number of sulfone groups is 1. The van der Waals surface area contributed by atoms with E-state index in [1.54, 1.807) is 11.0 Å². The zero-order chi connectivity index (χ0) is 24.7. The molecular weight excluding hydrogens is 480 g/mol. The Bertz CT molecular complexity index is 1190. The number of anilines is 1. The Morgan fingerprint density at radius 2 is 1.83 bits per heavy atom. The highest BCUT2D eigenvalue weighted by atomic mass is 32.2. The van der Waals surface area contributed by atoms with Gasteiger partial charge in [0.15, 0.2) is 15.6 Å². The monoisotopic (exact) mass is 507 g/mol. The van der Waals surface area contributed by atoms with Gasteiger partial charge in [0.05, 0.1) is 23.7 Å². The lowest BCUT2D eigenvalue weighted by Gasteiger charge is -2.40. The third kappa shape index (κ3) is 4.91. The Kier molecular flexibility index (Phi) is 6.29. The quantitative estimate of drug-likeness (QED) is 0.621. The number of benzene rings is 1. The summed E-state index contributed by atoms with van der Waals surface area (Å²) in [4.78, 5) is 26.2. The third-order valence-corrected chi connectivity index (χ3v) is 9.21. The summed E-state index contributed by atoms with van der Waals surface area (Å²) in [5, 5.41) is 5.45. The number of furan rings is 1. The van der Waals surface area contributed by atoms with Gasteiger partial charge in [0.1, 0.15) is 17.3 Å². The normalized spacial score (nSPS) is 24.7. The SMILES string of the molecule is O=C(NCC1C[C@@H](c2cc(F)c(N3CCC(C4CS(=O)(=O)C4)CC3)c(F)c2)C(=O)N1)c1ccco1. The van der Waals surface area contributed by atoms with E-state index in [4.69, 9.17) is 4.42 Å². The van der Waals surface area contributed by atoms with Crippen LogP contribution >= 0.6 is 0 Å². The molecule has 0 radical (unpaired) electrons. The number of rotatable bonds is 6. The zero-order valence-electron chi connectivity index (χ0n) is 19.0. The van der Waals surface area contributed by atoms with Crippen molar-refractivity contribution >= 4 is 27.3 Å². The average molecular weight is 508 g/mol. The van der Waals surface area contributed by atoms with Crippen LogP contribution in [0.3, 0.4) is 0 Å². The van der Waals surface area contributed by atoms with Gasteiger partial charge in [-0.1, -0.05) is 0 Å². The molecule has 2 N–H and O–H groups in total. The Hall–Kier alpha value is -2.95. The van der Waals surface area contributed by atoms with Crippen molar-refractivity contribution in [1.29, 1.82) is 0 Å². The van der Waals surface area contributed by atoms with Gasteiger partial charge in [0.2, 0.25) is 5.91 Å². The molecule has 8 nitrogen and oxygen atoms in total. The fraction of sp³-hybridized carbons (Fsp3) is 0.500. The topological polar surface area (TPSA) is 109 Å². The predicted molar refractivity (Wildman–Crippen MR) is 124 cm³/mol. The van der Waals surface area contributed by atoms with E-state index in [-0.39, 0.29) is 58.8 Å². The zero-order valence-corrected chi connectivity index (χ0v) is 19.8. The van der Waals surface area contributed by atoms with Crippen LogP contribution in [0.1, 0.15) is 41.3 Å². The van der Waals surface area contributed by atoms with Crippen LogP contribution in [0.5, 0.6) is 0 Å². The van der Waals surface area contributed by atoms with Crippen molar-refractivity contribution in [2.24, 2.45) is 11.8 Å². The van der Waals surface area contributed by atoms with Crippen molar-refractivity contribution in [1.82, 2.24) is 10.6 Å². The minimum atomic E-state index is -2.89. The van der Waals surface area contributed by atoms with Gasteiger partial charge in [-0.05, 0) is 60.9 Å². The highest BCUT2D eigenvalue weighted by molar-refractivity contribution is 7.92. The van der Waals surface area contributed by atoms with Crippen LogP contribution in [0, 0.1) is 23.5 Å². The van der Waals surface area contributed by atoms with Crippen LogP contribution in [0.4, 0.5) is 14.5 Å². The van der Waals surface area contributed by atoms with Gasteiger partial charge < -0.3 is 20.0 Å². The van der Waals surface area contributed by atoms with E-state index >= 15 is 8.78 Å². The summed E-state index contributed by atoms with van der Waals surface area (Å²) in [5.41, 5.74) is 0.157. The molecule has 0 saturated carbocycles. The van der Waals surface area contributed by atoms with Gasteiger partial charge in [0.25, 0.3) is 5.91 Å². The summed E-state index contributed by atoms with van der Waals surface area (Å²) in [7, 11) is -2.89. The highest BCUT2D eigenvalue weighted by Gasteiger charge is 2.40. The van der Waals surface area contributed by atoms with Gasteiger partial charge in [-0.15, -0.1) is 0 Å². The smallest absolute Gasteiger partial charge is 0.287 e. The van der Waals surface area contributed by atoms with E-state index in [0.29, 0.717) is 32.4 Å². The third-order valence-electron chi connectivity index (χ3n) is 7.34. The maximum absolute atomic E-state index is 15.1. The number of nitrogens with zero attached hydrogens (tertiary/aromatic N) is 1. The summed E-state index contributed by atoms with van der Waals surface area (Å²) in [6, 6.07) is 5.19. The van der Waals surface area contributed by atoms with Gasteiger partial charge in [-0.3, -0.25) is 9.59 Å². The average Bonchev–Trinajstić information content (AvgIpc) is 3.46. The molecule has 11 heteroatoms. The van der Waals surface area contributed by atoms with E-state index in [9.17, 15) is 18.0 Å². The minimum Gasteiger partial charge on any atom is -0.459 e. The fourth-order valence-electron chi connectivity index (χ4n) is 5.44. The number of hydrogen-bond acceptors (Lipinski definition) is 6. The molecule has 1 aromatic carbocycles. The summed E-state index contributed by atoms with van der Waals surface area (Å²) in [6.07, 6.45) is 3.07. The van der Waals surface area contributed by atoms with Gasteiger partial charge in [-0.2, -0.15) is 0 Å². The molecule has 4 heterocycles. The van der Waals surface area contributed by atoms with E-state index in [1.807, 2.05) is 0 Å². The Balaban J connectivity index is 1.20. The minimum absolute atomic E-state index is 0.103. The van der Waals surface area contributed by atoms with Crippen molar-refractivity contribution in [2.45, 2.75) is 31.2 Å². The number of amides is 2. The Morgan fingerprint density at radius 1 is 1.14 bits per heavy atom. The molecule has 188 valence electrons. The second kappa shape index (κ2) is 9.25. The molecule has 3 aliphatic heterocycles. The number of carbonyl (C=O) groups is 2. The largest absolute Gasteiger partial charge is 0.459 e. The van der Waals surface area contributed by atoms with Crippen molar-refractivity contribution in [3.63, 3.8) is 0 Å². The van der Waals surface area contributed by atoms with Gasteiger partial charge in [-0.25, -0.2) is 17.2 Å². The Morgan fingerprint density at radius 3 is 2.43 bits per heavy atom. The predicted octanol–water partition coefficient (Wildman–Crippen LogP) is 2.22. The lowest BCUT2D eigenvalue weighted by atomic mass is 9.85. The Labute approximate surface area is 202 Å². The summed E-state index contributed by atoms with van der Waals surface area (Å²) in [5.74, 6) is -1.90. The molecule has 3 aliphatic rings. The molecule has 2 amide bonds. The molecule has 2 aromatic rings. The van der Waals surface area contributed by atoms with Crippen molar-refractivity contribution in [2.75, 3.05) is 36.0 Å². The standard InChI is InChI=1S/C24H27F2N3O5S/c25-19-8-15(18-10-17(28-23(18)30)11-27-24(31)21-2-1-7-34-21)9-20(26)22(19)29-5-3-14(4-6-29)16-12-35(32,33)13-16/h1-2,7-9,14,16-18H,3-6,10-13H2,(H,27,31)(H,28,30)/t17?,18-/m0/s1. The summed E-state index contributed by atoms with van der Waals surface area (Å²) < 4.78 is 58.1. The maximum Gasteiger partial charge on any atom is 0.287 e. The molecule has 1 aromatic heterocycles. The first-order valence-electron chi connectivity index (χ1n) is 11.8. The first kappa shape index (κ1) is 23.8. The van der Waals surface area contributed by atoms with E-state index in [1.165, 1.54) is 24.5 Å². The molecular formula is C24H27F2N3O5S. The number of carbonyl (C=O) groups excluding carboxylic acids is 2. The fourth-order valence-corrected chi connectivity index (χ4v) is 7.19. The van der Waals surface area contributed by atoms with Crippen LogP contribution in [-0.2, 0) is 14.6 Å². The van der Waals surface area contributed by atoms with Crippen LogP contribution < -0.4 is 15.5 Å². The van der Waals surface area contributed by atoms with Crippen LogP contribution in [0.2, 0.25) is 0 Å². The molecule has 35 heavy (non-hydrogen) atoms. The second-order valence-electron chi connectivity index (χ2n) is 9.68. The molecule has 0 bridgehead atoms. The second-order valence-corrected chi connectivity index (χ2v) is 11.8. The van der Waals surface area contributed by atoms with Crippen LogP contribution in [0.25, 0.3) is 0 Å². The van der Waals surface area contributed by atoms with Crippen LogP contribution in [-0.4, -0.2) is 57.4 Å². The highest BCUT2D eigenvalue weighted by Crippen LogP contribution is 2.37. The molecule has 1 unspecified atom stereocenters.